The van der Waals surface area contributed by atoms with Gasteiger partial charge in [0.1, 0.15) is 6.10 Å². The third-order valence-corrected chi connectivity index (χ3v) is 4.54. The summed E-state index contributed by atoms with van der Waals surface area (Å²) in [4.78, 5) is 15.0. The molecule has 21 heavy (non-hydrogen) atoms. The lowest BCUT2D eigenvalue weighted by Gasteiger charge is -2.31. The van der Waals surface area contributed by atoms with Crippen molar-refractivity contribution >= 4 is 17.5 Å². The third kappa shape index (κ3) is 3.76. The normalized spacial score (nSPS) is 29.7. The van der Waals surface area contributed by atoms with Crippen LogP contribution in [-0.2, 0) is 0 Å². The Morgan fingerprint density at radius 1 is 1.00 bits per heavy atom. The van der Waals surface area contributed by atoms with E-state index in [0.717, 1.165) is 25.9 Å². The van der Waals surface area contributed by atoms with Crippen molar-refractivity contribution in [1.29, 1.82) is 0 Å². The van der Waals surface area contributed by atoms with Gasteiger partial charge < -0.3 is 9.64 Å². The first kappa shape index (κ1) is 14.8. The van der Waals surface area contributed by atoms with Crippen molar-refractivity contribution in [3.05, 3.63) is 5.28 Å². The number of ether oxygens (including phenoxy) is 1. The summed E-state index contributed by atoms with van der Waals surface area (Å²) in [5.41, 5.74) is 0. The van der Waals surface area contributed by atoms with E-state index in [2.05, 4.69) is 33.7 Å². The minimum Gasteiger partial charge on any atom is -0.460 e. The first-order chi connectivity index (χ1) is 10.1. The maximum atomic E-state index is 6.03. The van der Waals surface area contributed by atoms with Crippen LogP contribution < -0.4 is 9.64 Å². The molecule has 0 radical (unpaired) electrons. The molecule has 0 spiro atoms. The van der Waals surface area contributed by atoms with Gasteiger partial charge in [0.2, 0.25) is 11.2 Å². The fraction of sp³-hybridized carbons (Fsp3) is 0.800. The van der Waals surface area contributed by atoms with E-state index in [4.69, 9.17) is 16.3 Å². The van der Waals surface area contributed by atoms with Crippen molar-refractivity contribution < 1.29 is 4.74 Å². The molecule has 116 valence electrons. The lowest BCUT2D eigenvalue weighted by molar-refractivity contribution is 0.0918. The molecule has 5 nitrogen and oxygen atoms in total. The highest BCUT2D eigenvalue weighted by Crippen LogP contribution is 2.31. The highest BCUT2D eigenvalue weighted by Gasteiger charge is 2.26. The smallest absolute Gasteiger partial charge is 0.322 e. The minimum atomic E-state index is 0.189. The van der Waals surface area contributed by atoms with E-state index in [1.807, 2.05) is 0 Å². The molecule has 3 rings (SSSR count). The van der Waals surface area contributed by atoms with Crippen molar-refractivity contribution in [2.75, 3.05) is 18.0 Å². The standard InChI is InChI=1S/C15H23ClN4O/c1-10-7-11(2)9-12(8-10)21-15-18-13(16)17-14(19-15)20-5-3-4-6-20/h10-12H,3-9H2,1-2H3. The van der Waals surface area contributed by atoms with Crippen LogP contribution in [0.25, 0.3) is 0 Å². The summed E-state index contributed by atoms with van der Waals surface area (Å²) >= 11 is 6.03. The van der Waals surface area contributed by atoms with Crippen molar-refractivity contribution in [3.8, 4) is 6.01 Å². The molecular formula is C15H23ClN4O. The minimum absolute atomic E-state index is 0.189. The molecule has 2 heterocycles. The second-order valence-electron chi connectivity index (χ2n) is 6.54. The summed E-state index contributed by atoms with van der Waals surface area (Å²) in [6, 6.07) is 0.378. The van der Waals surface area contributed by atoms with E-state index in [0.29, 0.717) is 23.8 Å². The van der Waals surface area contributed by atoms with Crippen LogP contribution in [0, 0.1) is 11.8 Å². The number of hydrogen-bond donors (Lipinski definition) is 0. The molecule has 1 saturated carbocycles. The molecule has 1 aliphatic carbocycles. The van der Waals surface area contributed by atoms with Crippen LogP contribution in [0.4, 0.5) is 5.95 Å². The zero-order chi connectivity index (χ0) is 14.8. The molecule has 0 N–H and O–H groups in total. The van der Waals surface area contributed by atoms with Crippen LogP contribution in [-0.4, -0.2) is 34.1 Å². The van der Waals surface area contributed by atoms with Crippen LogP contribution in [0.2, 0.25) is 5.28 Å². The first-order valence-electron chi connectivity index (χ1n) is 7.93. The maximum Gasteiger partial charge on any atom is 0.322 e. The Hall–Kier alpha value is -1.10. The van der Waals surface area contributed by atoms with Crippen molar-refractivity contribution in [3.63, 3.8) is 0 Å². The largest absolute Gasteiger partial charge is 0.460 e. The lowest BCUT2D eigenvalue weighted by atomic mass is 9.82. The molecular weight excluding hydrogens is 288 g/mol. The highest BCUT2D eigenvalue weighted by molar-refractivity contribution is 6.28. The molecule has 2 unspecified atom stereocenters. The number of anilines is 1. The molecule has 6 heteroatoms. The Morgan fingerprint density at radius 2 is 1.67 bits per heavy atom. The topological polar surface area (TPSA) is 51.1 Å². The van der Waals surface area contributed by atoms with Gasteiger partial charge in [0.25, 0.3) is 0 Å². The van der Waals surface area contributed by atoms with Gasteiger partial charge in [0, 0.05) is 13.1 Å². The number of halogens is 1. The summed E-state index contributed by atoms with van der Waals surface area (Å²) in [5, 5.41) is 0.221. The van der Waals surface area contributed by atoms with Gasteiger partial charge in [0.15, 0.2) is 0 Å². The predicted octanol–water partition coefficient (Wildman–Crippen LogP) is 3.33. The van der Waals surface area contributed by atoms with Crippen LogP contribution in [0.3, 0.4) is 0 Å². The number of hydrogen-bond acceptors (Lipinski definition) is 5. The number of rotatable bonds is 3. The van der Waals surface area contributed by atoms with Gasteiger partial charge in [-0.15, -0.1) is 0 Å². The molecule has 0 amide bonds. The summed E-state index contributed by atoms with van der Waals surface area (Å²) in [6.45, 7) is 6.53. The molecule has 1 aromatic heterocycles. The second-order valence-corrected chi connectivity index (χ2v) is 6.88. The fourth-order valence-corrected chi connectivity index (χ4v) is 3.70. The van der Waals surface area contributed by atoms with Gasteiger partial charge >= 0.3 is 6.01 Å². The van der Waals surface area contributed by atoms with Gasteiger partial charge in [0.05, 0.1) is 0 Å². The first-order valence-corrected chi connectivity index (χ1v) is 8.31. The van der Waals surface area contributed by atoms with Crippen LogP contribution in [0.5, 0.6) is 6.01 Å². The van der Waals surface area contributed by atoms with Crippen LogP contribution in [0.1, 0.15) is 46.0 Å². The van der Waals surface area contributed by atoms with E-state index in [1.54, 1.807) is 0 Å². The Balaban J connectivity index is 1.72. The van der Waals surface area contributed by atoms with E-state index >= 15 is 0 Å². The summed E-state index contributed by atoms with van der Waals surface area (Å²) in [5.74, 6) is 2.03. The van der Waals surface area contributed by atoms with Crippen LogP contribution >= 0.6 is 11.6 Å². The van der Waals surface area contributed by atoms with Gasteiger partial charge in [-0.25, -0.2) is 0 Å². The zero-order valence-corrected chi connectivity index (χ0v) is 13.5. The van der Waals surface area contributed by atoms with Crippen LogP contribution in [0.15, 0.2) is 0 Å². The fourth-order valence-electron chi connectivity index (χ4n) is 3.55. The molecule has 2 aliphatic rings. The molecule has 2 atom stereocenters. The van der Waals surface area contributed by atoms with E-state index < -0.39 is 0 Å². The quantitative estimate of drug-likeness (QED) is 0.857. The summed E-state index contributed by atoms with van der Waals surface area (Å²) < 4.78 is 6.00. The van der Waals surface area contributed by atoms with Crippen molar-refractivity contribution in [1.82, 2.24) is 15.0 Å². The van der Waals surface area contributed by atoms with E-state index in [1.165, 1.54) is 19.3 Å². The van der Waals surface area contributed by atoms with Gasteiger partial charge in [-0.05, 0) is 55.5 Å². The predicted molar refractivity (Wildman–Crippen MR) is 82.9 cm³/mol. The molecule has 1 saturated heterocycles. The lowest BCUT2D eigenvalue weighted by Crippen LogP contribution is -2.29. The average Bonchev–Trinajstić information content (AvgIpc) is 2.90. The molecule has 1 aromatic rings. The highest BCUT2D eigenvalue weighted by atomic mass is 35.5. The van der Waals surface area contributed by atoms with Gasteiger partial charge in [-0.3, -0.25) is 0 Å². The zero-order valence-electron chi connectivity index (χ0n) is 12.8. The SMILES string of the molecule is CC1CC(C)CC(Oc2nc(Cl)nc(N3CCCC3)n2)C1. The molecule has 0 aromatic carbocycles. The van der Waals surface area contributed by atoms with Gasteiger partial charge in [-0.2, -0.15) is 15.0 Å². The second kappa shape index (κ2) is 6.34. The Morgan fingerprint density at radius 3 is 2.33 bits per heavy atom. The Labute approximate surface area is 131 Å². The van der Waals surface area contributed by atoms with Crippen molar-refractivity contribution in [2.24, 2.45) is 11.8 Å². The maximum absolute atomic E-state index is 6.03. The Bertz CT molecular complexity index is 483. The summed E-state index contributed by atoms with van der Waals surface area (Å²) in [7, 11) is 0. The molecule has 1 aliphatic heterocycles. The van der Waals surface area contributed by atoms with Crippen molar-refractivity contribution in [2.45, 2.75) is 52.1 Å². The van der Waals surface area contributed by atoms with Gasteiger partial charge in [-0.1, -0.05) is 13.8 Å². The number of nitrogens with zero attached hydrogens (tertiary/aromatic N) is 4. The summed E-state index contributed by atoms with van der Waals surface area (Å²) in [6.07, 6.45) is 5.94. The number of aromatic nitrogens is 3. The monoisotopic (exact) mass is 310 g/mol. The Kier molecular flexibility index (Phi) is 4.48. The average molecular weight is 311 g/mol. The molecule has 0 bridgehead atoms. The molecule has 2 fully saturated rings. The third-order valence-electron chi connectivity index (χ3n) is 4.37. The van der Waals surface area contributed by atoms with E-state index in [-0.39, 0.29) is 11.4 Å². The van der Waals surface area contributed by atoms with E-state index in [9.17, 15) is 0 Å².